The molecule has 31 heavy (non-hydrogen) atoms. The molecule has 0 bridgehead atoms. The second-order valence-corrected chi connectivity index (χ2v) is 7.38. The number of ether oxygens (including phenoxy) is 2. The highest BCUT2D eigenvalue weighted by Crippen LogP contribution is 2.37. The van der Waals surface area contributed by atoms with E-state index in [0.29, 0.717) is 22.2 Å². The normalized spacial score (nSPS) is 11.7. The van der Waals surface area contributed by atoms with Crippen LogP contribution in [0.15, 0.2) is 48.0 Å². The predicted molar refractivity (Wildman–Crippen MR) is 114 cm³/mol. The van der Waals surface area contributed by atoms with Crippen molar-refractivity contribution in [3.05, 3.63) is 63.6 Å². The summed E-state index contributed by atoms with van der Waals surface area (Å²) in [6.45, 7) is 0. The fourth-order valence-electron chi connectivity index (χ4n) is 2.66. The highest BCUT2D eigenvalue weighted by atomic mass is 35.5. The maximum atomic E-state index is 13.0. The minimum atomic E-state index is -4.58. The molecule has 0 radical (unpaired) electrons. The number of allylic oxidation sites excluding steroid dienone is 1. The molecule has 0 aliphatic heterocycles. The standard InChI is InChI=1S/C21H15ClF3N3O2S/c1-29-18-6-3-12(7-19(18)30-2)17-11-31-20(28-17)13(9-26)10-27-14-4-5-16(22)15(8-14)21(23,24)25/h3-8,10-11,27H,1-2H3/b13-10-. The molecule has 1 aromatic heterocycles. The van der Waals surface area contributed by atoms with Crippen LogP contribution in [-0.4, -0.2) is 19.2 Å². The lowest BCUT2D eigenvalue weighted by Crippen LogP contribution is -2.06. The maximum Gasteiger partial charge on any atom is 0.417 e. The molecule has 2 aromatic carbocycles. The van der Waals surface area contributed by atoms with Gasteiger partial charge in [0.05, 0.1) is 30.5 Å². The van der Waals surface area contributed by atoms with E-state index >= 15 is 0 Å². The zero-order chi connectivity index (χ0) is 22.6. The minimum absolute atomic E-state index is 0.140. The van der Waals surface area contributed by atoms with Gasteiger partial charge in [-0.2, -0.15) is 18.4 Å². The van der Waals surface area contributed by atoms with Crippen LogP contribution in [0.1, 0.15) is 10.6 Å². The van der Waals surface area contributed by atoms with Crippen LogP contribution in [-0.2, 0) is 6.18 Å². The van der Waals surface area contributed by atoms with Gasteiger partial charge in [-0.15, -0.1) is 11.3 Å². The lowest BCUT2D eigenvalue weighted by atomic mass is 10.1. The number of aromatic nitrogens is 1. The molecule has 0 saturated carbocycles. The molecule has 5 nitrogen and oxygen atoms in total. The largest absolute Gasteiger partial charge is 0.493 e. The summed E-state index contributed by atoms with van der Waals surface area (Å²) < 4.78 is 49.6. The lowest BCUT2D eigenvalue weighted by Gasteiger charge is -2.11. The van der Waals surface area contributed by atoms with Crippen molar-refractivity contribution in [2.24, 2.45) is 0 Å². The van der Waals surface area contributed by atoms with Gasteiger partial charge in [0.2, 0.25) is 0 Å². The Bertz CT molecular complexity index is 1170. The zero-order valence-corrected chi connectivity index (χ0v) is 17.8. The van der Waals surface area contributed by atoms with Crippen molar-refractivity contribution >= 4 is 34.2 Å². The number of anilines is 1. The fraction of sp³-hybridized carbons (Fsp3) is 0.143. The van der Waals surface area contributed by atoms with E-state index in [1.165, 1.54) is 37.8 Å². The number of nitriles is 1. The van der Waals surface area contributed by atoms with E-state index in [1.54, 1.807) is 23.6 Å². The molecular weight excluding hydrogens is 451 g/mol. The first-order valence-corrected chi connectivity index (χ1v) is 9.94. The van der Waals surface area contributed by atoms with Gasteiger partial charge in [-0.3, -0.25) is 0 Å². The van der Waals surface area contributed by atoms with E-state index < -0.39 is 16.8 Å². The molecule has 10 heteroatoms. The first-order valence-electron chi connectivity index (χ1n) is 8.68. The Balaban J connectivity index is 1.86. The Kier molecular flexibility index (Phi) is 6.73. The number of alkyl halides is 3. The van der Waals surface area contributed by atoms with E-state index in [2.05, 4.69) is 10.3 Å². The van der Waals surface area contributed by atoms with Gasteiger partial charge in [0.15, 0.2) is 11.5 Å². The van der Waals surface area contributed by atoms with Crippen molar-refractivity contribution in [2.75, 3.05) is 19.5 Å². The first kappa shape index (κ1) is 22.5. The number of nitrogens with one attached hydrogen (secondary N) is 1. The highest BCUT2D eigenvalue weighted by Gasteiger charge is 2.33. The Morgan fingerprint density at radius 3 is 2.55 bits per heavy atom. The van der Waals surface area contributed by atoms with Crippen LogP contribution < -0.4 is 14.8 Å². The second-order valence-electron chi connectivity index (χ2n) is 6.11. The SMILES string of the molecule is COc1ccc(-c2csc(/C(C#N)=C\Nc3ccc(Cl)c(C(F)(F)F)c3)n2)cc1OC. The van der Waals surface area contributed by atoms with Gasteiger partial charge in [0.1, 0.15) is 16.6 Å². The molecule has 0 aliphatic carbocycles. The molecule has 1 heterocycles. The number of hydrogen-bond acceptors (Lipinski definition) is 6. The third-order valence-electron chi connectivity index (χ3n) is 4.19. The highest BCUT2D eigenvalue weighted by molar-refractivity contribution is 7.11. The topological polar surface area (TPSA) is 67.2 Å². The van der Waals surface area contributed by atoms with Gasteiger partial charge in [0, 0.05) is 22.8 Å². The Labute approximate surface area is 185 Å². The van der Waals surface area contributed by atoms with Crippen LogP contribution in [0.2, 0.25) is 5.02 Å². The number of benzene rings is 2. The van der Waals surface area contributed by atoms with E-state index in [4.69, 9.17) is 21.1 Å². The molecule has 0 amide bonds. The van der Waals surface area contributed by atoms with Crippen molar-refractivity contribution in [1.29, 1.82) is 5.26 Å². The summed E-state index contributed by atoms with van der Waals surface area (Å²) in [4.78, 5) is 4.46. The predicted octanol–water partition coefficient (Wildman–Crippen LogP) is 6.48. The number of rotatable bonds is 6. The average molecular weight is 466 g/mol. The quantitative estimate of drug-likeness (QED) is 0.422. The van der Waals surface area contributed by atoms with E-state index in [0.717, 1.165) is 17.7 Å². The van der Waals surface area contributed by atoms with Crippen LogP contribution in [0.25, 0.3) is 16.8 Å². The van der Waals surface area contributed by atoms with Gasteiger partial charge < -0.3 is 14.8 Å². The molecule has 1 N–H and O–H groups in total. The molecule has 3 aromatic rings. The number of hydrogen-bond donors (Lipinski definition) is 1. The van der Waals surface area contributed by atoms with Gasteiger partial charge in [0.25, 0.3) is 0 Å². The van der Waals surface area contributed by atoms with Crippen LogP contribution in [0, 0.1) is 11.3 Å². The third kappa shape index (κ3) is 5.10. The van der Waals surface area contributed by atoms with Gasteiger partial charge in [-0.25, -0.2) is 4.98 Å². The van der Waals surface area contributed by atoms with Crippen LogP contribution in [0.3, 0.4) is 0 Å². The smallest absolute Gasteiger partial charge is 0.417 e. The number of nitrogens with zero attached hydrogens (tertiary/aromatic N) is 2. The summed E-state index contributed by atoms with van der Waals surface area (Å²) in [6, 6.07) is 10.7. The number of methoxy groups -OCH3 is 2. The Hall–Kier alpha value is -3.22. The molecule has 3 rings (SSSR count). The third-order valence-corrected chi connectivity index (χ3v) is 5.39. The summed E-state index contributed by atoms with van der Waals surface area (Å²) in [5.41, 5.74) is 0.725. The van der Waals surface area contributed by atoms with Crippen LogP contribution in [0.4, 0.5) is 18.9 Å². The number of thiazole rings is 1. The minimum Gasteiger partial charge on any atom is -0.493 e. The van der Waals surface area contributed by atoms with E-state index in [1.807, 2.05) is 6.07 Å². The summed E-state index contributed by atoms with van der Waals surface area (Å²) in [5, 5.41) is 14.0. The van der Waals surface area contributed by atoms with Crippen molar-refractivity contribution in [3.8, 4) is 28.8 Å². The zero-order valence-electron chi connectivity index (χ0n) is 16.2. The van der Waals surface area contributed by atoms with Gasteiger partial charge in [-0.05, 0) is 36.4 Å². The van der Waals surface area contributed by atoms with Gasteiger partial charge in [-0.1, -0.05) is 11.6 Å². The van der Waals surface area contributed by atoms with Gasteiger partial charge >= 0.3 is 6.18 Å². The Morgan fingerprint density at radius 2 is 1.90 bits per heavy atom. The Morgan fingerprint density at radius 1 is 1.16 bits per heavy atom. The summed E-state index contributed by atoms with van der Waals surface area (Å²) in [6.07, 6.45) is -3.28. The first-order chi connectivity index (χ1) is 14.8. The molecule has 0 atom stereocenters. The molecule has 160 valence electrons. The number of halogens is 4. The van der Waals surface area contributed by atoms with Crippen molar-refractivity contribution < 1.29 is 22.6 Å². The van der Waals surface area contributed by atoms with Crippen LogP contribution >= 0.6 is 22.9 Å². The maximum absolute atomic E-state index is 13.0. The molecule has 0 aliphatic rings. The van der Waals surface area contributed by atoms with Crippen molar-refractivity contribution in [3.63, 3.8) is 0 Å². The van der Waals surface area contributed by atoms with E-state index in [-0.39, 0.29) is 11.3 Å². The molecule has 0 saturated heterocycles. The fourth-order valence-corrected chi connectivity index (χ4v) is 3.67. The molecular formula is C21H15ClF3N3O2S. The van der Waals surface area contributed by atoms with Crippen molar-refractivity contribution in [1.82, 2.24) is 4.98 Å². The summed E-state index contributed by atoms with van der Waals surface area (Å²) in [5.74, 6) is 1.11. The van der Waals surface area contributed by atoms with E-state index in [9.17, 15) is 18.4 Å². The lowest BCUT2D eigenvalue weighted by molar-refractivity contribution is -0.137. The summed E-state index contributed by atoms with van der Waals surface area (Å²) in [7, 11) is 3.06. The second kappa shape index (κ2) is 9.29. The van der Waals surface area contributed by atoms with Crippen molar-refractivity contribution in [2.45, 2.75) is 6.18 Å². The van der Waals surface area contributed by atoms with Crippen LogP contribution in [0.5, 0.6) is 11.5 Å². The molecule has 0 spiro atoms. The molecule has 0 unspecified atom stereocenters. The average Bonchev–Trinajstić information content (AvgIpc) is 3.24. The summed E-state index contributed by atoms with van der Waals surface area (Å²) >= 11 is 6.86. The monoisotopic (exact) mass is 465 g/mol. The molecule has 0 fully saturated rings.